The number of benzene rings is 2. The van der Waals surface area contributed by atoms with Crippen LogP contribution in [0.5, 0.6) is 5.75 Å². The normalized spacial score (nSPS) is 12.7. The fourth-order valence-electron chi connectivity index (χ4n) is 3.77. The van der Waals surface area contributed by atoms with Gasteiger partial charge in [0.1, 0.15) is 17.6 Å². The number of ether oxygens (including phenoxy) is 1. The van der Waals surface area contributed by atoms with Crippen LogP contribution in [0.3, 0.4) is 0 Å². The Morgan fingerprint density at radius 1 is 1.29 bits per heavy atom. The molecule has 0 unspecified atom stereocenters. The van der Waals surface area contributed by atoms with Crippen molar-refractivity contribution in [2.75, 3.05) is 27.2 Å². The van der Waals surface area contributed by atoms with Crippen molar-refractivity contribution in [1.29, 1.82) is 5.41 Å². The van der Waals surface area contributed by atoms with Gasteiger partial charge in [-0.25, -0.2) is 4.79 Å². The number of hydrogen-bond acceptors (Lipinski definition) is 5. The van der Waals surface area contributed by atoms with E-state index >= 15 is 0 Å². The van der Waals surface area contributed by atoms with Crippen LogP contribution in [0, 0.1) is 17.3 Å². The molecule has 1 atom stereocenters. The number of carbonyl (C=O) groups is 3. The maximum Gasteiger partial charge on any atom is 0.322 e. The molecule has 3 rings (SSSR count). The van der Waals surface area contributed by atoms with Gasteiger partial charge in [0, 0.05) is 36.8 Å². The number of nitrogens with one attached hydrogen (secondary N) is 3. The van der Waals surface area contributed by atoms with Crippen LogP contribution < -0.4 is 15.4 Å². The first-order valence-electron chi connectivity index (χ1n) is 11.2. The molecule has 0 aliphatic carbocycles. The Kier molecular flexibility index (Phi) is 8.46. The van der Waals surface area contributed by atoms with Gasteiger partial charge in [0.15, 0.2) is 0 Å². The fourth-order valence-corrected chi connectivity index (χ4v) is 3.77. The van der Waals surface area contributed by atoms with E-state index in [0.717, 1.165) is 24.1 Å². The highest BCUT2D eigenvalue weighted by Crippen LogP contribution is 2.26. The van der Waals surface area contributed by atoms with E-state index in [1.165, 1.54) is 0 Å². The molecule has 0 aromatic heterocycles. The lowest BCUT2D eigenvalue weighted by Gasteiger charge is -2.21. The molecule has 9 heteroatoms. The first kappa shape index (κ1) is 25.3. The number of nitrogens with zero attached hydrogens (tertiary/aromatic N) is 2. The highest BCUT2D eigenvalue weighted by Gasteiger charge is 2.29. The molecule has 182 valence electrons. The van der Waals surface area contributed by atoms with E-state index in [-0.39, 0.29) is 18.9 Å². The molecule has 2 aromatic rings. The molecule has 1 aliphatic rings. The van der Waals surface area contributed by atoms with Crippen molar-refractivity contribution >= 4 is 24.2 Å². The number of carbonyl (C=O) groups excluding carboxylic acids is 3. The maximum atomic E-state index is 12.9. The number of imide groups is 1. The fraction of sp³-hybridized carbons (Fsp3) is 0.308. The van der Waals surface area contributed by atoms with Crippen LogP contribution in [0.1, 0.15) is 40.4 Å². The topological polar surface area (TPSA) is 115 Å². The van der Waals surface area contributed by atoms with E-state index in [0.29, 0.717) is 29.3 Å². The van der Waals surface area contributed by atoms with Gasteiger partial charge in [-0.2, -0.15) is 0 Å². The zero-order valence-electron chi connectivity index (χ0n) is 20.1. The lowest BCUT2D eigenvalue weighted by Crippen LogP contribution is -2.46. The van der Waals surface area contributed by atoms with Crippen molar-refractivity contribution in [3.8, 4) is 17.6 Å². The van der Waals surface area contributed by atoms with Crippen LogP contribution in [0.15, 0.2) is 42.5 Å². The van der Waals surface area contributed by atoms with Crippen LogP contribution in [0.25, 0.3) is 0 Å². The molecule has 0 fully saturated rings. The average molecular weight is 476 g/mol. The second-order valence-corrected chi connectivity index (χ2v) is 8.11. The number of hydrogen-bond donors (Lipinski definition) is 3. The molecule has 35 heavy (non-hydrogen) atoms. The lowest BCUT2D eigenvalue weighted by molar-refractivity contribution is -0.108. The minimum Gasteiger partial charge on any atom is -0.497 e. The van der Waals surface area contributed by atoms with Gasteiger partial charge >= 0.3 is 6.03 Å². The Morgan fingerprint density at radius 2 is 2.03 bits per heavy atom. The average Bonchev–Trinajstić information content (AvgIpc) is 3.17. The molecule has 2 aromatic carbocycles. The van der Waals surface area contributed by atoms with Crippen molar-refractivity contribution in [1.82, 2.24) is 20.4 Å². The van der Waals surface area contributed by atoms with E-state index in [2.05, 4.69) is 24.1 Å². The zero-order chi connectivity index (χ0) is 25.4. The van der Waals surface area contributed by atoms with Crippen molar-refractivity contribution in [3.63, 3.8) is 0 Å². The summed E-state index contributed by atoms with van der Waals surface area (Å²) >= 11 is 0. The summed E-state index contributed by atoms with van der Waals surface area (Å²) < 4.78 is 5.21. The van der Waals surface area contributed by atoms with E-state index in [9.17, 15) is 14.4 Å². The van der Waals surface area contributed by atoms with E-state index in [1.807, 2.05) is 47.6 Å². The van der Waals surface area contributed by atoms with Crippen LogP contribution in [0.4, 0.5) is 4.79 Å². The molecule has 0 radical (unpaired) electrons. The van der Waals surface area contributed by atoms with Crippen LogP contribution >= 0.6 is 0 Å². The largest absolute Gasteiger partial charge is 0.497 e. The van der Waals surface area contributed by atoms with Crippen LogP contribution in [-0.4, -0.2) is 67.3 Å². The number of methoxy groups -OCH3 is 1. The third-order valence-electron chi connectivity index (χ3n) is 5.58. The third-order valence-corrected chi connectivity index (χ3v) is 5.58. The molecule has 3 N–H and O–H groups in total. The molecule has 0 saturated heterocycles. The number of rotatable bonds is 8. The minimum absolute atomic E-state index is 0.139. The van der Waals surface area contributed by atoms with Gasteiger partial charge in [-0.1, -0.05) is 37.0 Å². The molecule has 1 aliphatic heterocycles. The van der Waals surface area contributed by atoms with Crippen molar-refractivity contribution in [2.45, 2.75) is 25.9 Å². The molecular weight excluding hydrogens is 446 g/mol. The quantitative estimate of drug-likeness (QED) is 0.234. The monoisotopic (exact) mass is 475 g/mol. The standard InChI is InChI=1S/C26H29N5O4/c1-4-13-30(2)24(27)19-8-5-18(6-9-19)7-11-21(29-26(34)28-17-32)16-31-15-20-10-12-22(35-3)14-23(20)25(31)33/h5-6,8-10,12,14,17,21,27H,4,13,15-16H2,1-3H3,(H2,28,29,32,34)/t21-/m1/s1. The molecule has 0 bridgehead atoms. The third kappa shape index (κ3) is 6.38. The minimum atomic E-state index is -0.719. The number of amides is 4. The van der Waals surface area contributed by atoms with Gasteiger partial charge in [0.2, 0.25) is 6.41 Å². The predicted molar refractivity (Wildman–Crippen MR) is 132 cm³/mol. The summed E-state index contributed by atoms with van der Waals surface area (Å²) in [7, 11) is 3.42. The Hall–Kier alpha value is -4.32. The smallest absolute Gasteiger partial charge is 0.322 e. The van der Waals surface area contributed by atoms with Crippen molar-refractivity contribution < 1.29 is 19.1 Å². The van der Waals surface area contributed by atoms with E-state index in [4.69, 9.17) is 10.1 Å². The summed E-state index contributed by atoms with van der Waals surface area (Å²) in [5, 5.41) is 12.9. The van der Waals surface area contributed by atoms with Crippen LogP contribution in [0.2, 0.25) is 0 Å². The number of fused-ring (bicyclic) bond motifs is 1. The van der Waals surface area contributed by atoms with Gasteiger partial charge in [0.25, 0.3) is 5.91 Å². The predicted octanol–water partition coefficient (Wildman–Crippen LogP) is 2.19. The Bertz CT molecular complexity index is 1170. The highest BCUT2D eigenvalue weighted by molar-refractivity contribution is 5.99. The summed E-state index contributed by atoms with van der Waals surface area (Å²) in [5.74, 6) is 6.86. The van der Waals surface area contributed by atoms with E-state index < -0.39 is 12.1 Å². The van der Waals surface area contributed by atoms with Crippen molar-refractivity contribution in [2.24, 2.45) is 0 Å². The Labute approximate surface area is 204 Å². The van der Waals surface area contributed by atoms with Gasteiger partial charge in [-0.15, -0.1) is 0 Å². The molecule has 0 spiro atoms. The molecule has 1 heterocycles. The SMILES string of the molecule is CCCN(C)C(=N)c1ccc(C#C[C@H](CN2Cc3ccc(OC)cc3C2=O)NC(=O)NC=O)cc1. The molecule has 9 nitrogen and oxygen atoms in total. The molecular formula is C26H29N5O4. The molecule has 0 saturated carbocycles. The van der Waals surface area contributed by atoms with Gasteiger partial charge in [0.05, 0.1) is 13.7 Å². The first-order valence-corrected chi connectivity index (χ1v) is 11.2. The second kappa shape index (κ2) is 11.7. The van der Waals surface area contributed by atoms with Crippen molar-refractivity contribution in [3.05, 3.63) is 64.7 Å². The summed E-state index contributed by atoms with van der Waals surface area (Å²) in [4.78, 5) is 39.0. The summed E-state index contributed by atoms with van der Waals surface area (Å²) in [5.41, 5.74) is 2.90. The maximum absolute atomic E-state index is 12.9. The first-order chi connectivity index (χ1) is 16.9. The number of urea groups is 1. The Morgan fingerprint density at radius 3 is 2.69 bits per heavy atom. The van der Waals surface area contributed by atoms with Crippen LogP contribution in [-0.2, 0) is 11.3 Å². The summed E-state index contributed by atoms with van der Waals surface area (Å²) in [6.45, 7) is 3.38. The van der Waals surface area contributed by atoms with Gasteiger partial charge in [-0.3, -0.25) is 20.3 Å². The van der Waals surface area contributed by atoms with Gasteiger partial charge in [-0.05, 0) is 36.2 Å². The van der Waals surface area contributed by atoms with Gasteiger partial charge < -0.3 is 19.9 Å². The highest BCUT2D eigenvalue weighted by atomic mass is 16.5. The lowest BCUT2D eigenvalue weighted by atomic mass is 10.1. The van der Waals surface area contributed by atoms with E-state index in [1.54, 1.807) is 24.1 Å². The second-order valence-electron chi connectivity index (χ2n) is 8.11. The molecule has 4 amide bonds. The zero-order valence-corrected chi connectivity index (χ0v) is 20.1. The summed E-state index contributed by atoms with van der Waals surface area (Å²) in [6, 6.07) is 11.2. The number of amidine groups is 1. The Balaban J connectivity index is 1.75. The summed E-state index contributed by atoms with van der Waals surface area (Å²) in [6.07, 6.45) is 1.23.